The third-order valence-electron chi connectivity index (χ3n) is 0. The topological polar surface area (TPSA) is 51.2 Å². The van der Waals surface area contributed by atoms with E-state index in [4.69, 9.17) is 4.30 Å². The molecule has 0 unspecified atom stereocenters. The van der Waals surface area contributed by atoms with Gasteiger partial charge in [0.2, 0.25) is 0 Å². The van der Waals surface area contributed by atoms with Crippen LogP contribution in [0, 0.1) is 0 Å². The van der Waals surface area contributed by atoms with Crippen LogP contribution in [0.1, 0.15) is 0 Å². The molecular weight excluding hydrogens is 88.1 g/mol. The molecule has 0 bridgehead atoms. The molecule has 4 heavy (non-hydrogen) atoms. The Kier molecular flexibility index (Phi) is 2.25. The van der Waals surface area contributed by atoms with Crippen LogP contribution >= 0.6 is 0 Å². The van der Waals surface area contributed by atoms with E-state index in [0.717, 1.165) is 0 Å². The number of hydrogen-bond donors (Lipinski definition) is 0. The van der Waals surface area contributed by atoms with E-state index < -0.39 is 32.2 Å². The summed E-state index contributed by atoms with van der Waals surface area (Å²) >= 11 is -4.38. The van der Waals surface area contributed by atoms with Gasteiger partial charge >= 0.3 is 36.5 Å². The van der Waals surface area contributed by atoms with Gasteiger partial charge in [-0.25, -0.2) is 0 Å². The van der Waals surface area contributed by atoms with Gasteiger partial charge in [0.15, 0.2) is 0 Å². The molecule has 0 N–H and O–H groups in total. The van der Waals surface area contributed by atoms with Crippen molar-refractivity contribution in [3.05, 3.63) is 0 Å². The van der Waals surface area contributed by atoms with Crippen molar-refractivity contribution >= 4 is 32.2 Å². The van der Waals surface area contributed by atoms with Gasteiger partial charge in [-0.2, -0.15) is 0 Å². The molecule has 20 valence electrons. The Morgan fingerprint density at radius 3 is 1.00 bits per heavy atom. The minimum absolute atomic E-state index is 4.38. The molecule has 0 aromatic heterocycles. The molecule has 3 nitrogen and oxygen atoms in total. The molecule has 0 saturated heterocycles. The quantitative estimate of drug-likeness (QED) is 0.366. The van der Waals surface area contributed by atoms with Gasteiger partial charge in [0, 0.05) is 0 Å². The second kappa shape index (κ2) is 1.93. The first-order valence-corrected chi connectivity index (χ1v) is 3.57. The maximum atomic E-state index is 8.62. The molecule has 0 radical (unpaired) electrons. The summed E-state index contributed by atoms with van der Waals surface area (Å²) in [4.78, 5) is 0. The molecule has 0 amide bonds. The second-order valence-electron chi connectivity index (χ2n) is 0.354. The Morgan fingerprint density at radius 2 is 1.00 bits per heavy atom. The molecule has 0 aromatic carbocycles. The monoisotopic (exact) mass is 87.9 g/mol. The minimum atomic E-state index is -4.38. The fourth-order valence-electron chi connectivity index (χ4n) is 0. The Bertz CT molecular complexity index is 72.7. The van der Waals surface area contributed by atoms with Crippen LogP contribution < -0.4 is 0 Å². The summed E-state index contributed by atoms with van der Waals surface area (Å²) in [6, 6.07) is 0. The van der Waals surface area contributed by atoms with Crippen LogP contribution in [-0.4, -0.2) is 32.2 Å². The van der Waals surface area contributed by atoms with Crippen molar-refractivity contribution in [3.63, 3.8) is 0 Å². The van der Waals surface area contributed by atoms with E-state index in [2.05, 4.69) is 0 Å². The molecule has 4 heteroatoms. The third kappa shape index (κ3) is 16.8. The van der Waals surface area contributed by atoms with E-state index in [1.54, 1.807) is 0 Å². The van der Waals surface area contributed by atoms with E-state index >= 15 is 0 Å². The van der Waals surface area contributed by atoms with Gasteiger partial charge in [0.25, 0.3) is 0 Å². The summed E-state index contributed by atoms with van der Waals surface area (Å²) in [5.74, 6) is 0. The van der Waals surface area contributed by atoms with Crippen molar-refractivity contribution in [1.82, 2.24) is 0 Å². The van der Waals surface area contributed by atoms with Crippen molar-refractivity contribution in [3.8, 4) is 0 Å². The van der Waals surface area contributed by atoms with Crippen LogP contribution in [-0.2, 0) is 4.30 Å². The van der Waals surface area contributed by atoms with Crippen molar-refractivity contribution in [2.45, 2.75) is 0 Å². The predicted molar refractivity (Wildman–Crippen MR) is 7.81 cm³/mol. The van der Waals surface area contributed by atoms with Gasteiger partial charge in [0.1, 0.15) is 0 Å². The zero-order chi connectivity index (χ0) is 3.58. The summed E-state index contributed by atoms with van der Waals surface area (Å²) < 4.78 is 25.9. The van der Waals surface area contributed by atoms with Crippen molar-refractivity contribution < 1.29 is 4.30 Å². The molecule has 0 atom stereocenters. The first kappa shape index (κ1) is 4.66. The SMILES string of the molecule is [O]=[Ca](=[O])=[O]. The molecule has 0 aromatic rings. The van der Waals surface area contributed by atoms with Crippen LogP contribution in [0.4, 0.5) is 0 Å². The Hall–Kier alpha value is 0.660. The number of hydrogen-bond acceptors (Lipinski definition) is 3. The van der Waals surface area contributed by atoms with Gasteiger partial charge < -0.3 is 0 Å². The van der Waals surface area contributed by atoms with E-state index in [9.17, 15) is 0 Å². The average Bonchev–Trinajstić information content (AvgIpc) is 0.811. The van der Waals surface area contributed by atoms with Crippen molar-refractivity contribution in [2.24, 2.45) is 0 Å². The summed E-state index contributed by atoms with van der Waals surface area (Å²) in [5.41, 5.74) is 0. The zero-order valence-corrected chi connectivity index (χ0v) is 4.14. The standard InChI is InChI=1S/Ca.3O. The van der Waals surface area contributed by atoms with Gasteiger partial charge in [-0.1, -0.05) is 0 Å². The summed E-state index contributed by atoms with van der Waals surface area (Å²) in [6.45, 7) is 0. The van der Waals surface area contributed by atoms with E-state index in [-0.39, 0.29) is 0 Å². The fourth-order valence-corrected chi connectivity index (χ4v) is 0. The number of rotatable bonds is 0. The van der Waals surface area contributed by atoms with Crippen LogP contribution in [0.5, 0.6) is 0 Å². The predicted octanol–water partition coefficient (Wildman–Crippen LogP) is -0.737. The van der Waals surface area contributed by atoms with Gasteiger partial charge in [-0.3, -0.25) is 0 Å². The van der Waals surface area contributed by atoms with Crippen LogP contribution in [0.25, 0.3) is 0 Å². The van der Waals surface area contributed by atoms with E-state index in [0.29, 0.717) is 0 Å². The average molecular weight is 88.1 g/mol. The van der Waals surface area contributed by atoms with Crippen molar-refractivity contribution in [1.29, 1.82) is 0 Å². The van der Waals surface area contributed by atoms with E-state index in [1.165, 1.54) is 0 Å². The molecular formula is CaO3. The van der Waals surface area contributed by atoms with Crippen LogP contribution in [0.2, 0.25) is 0 Å². The molecule has 0 saturated carbocycles. The summed E-state index contributed by atoms with van der Waals surface area (Å²) in [6.07, 6.45) is 0. The zero-order valence-electron chi connectivity index (χ0n) is 1.93. The van der Waals surface area contributed by atoms with Crippen molar-refractivity contribution in [2.75, 3.05) is 0 Å². The molecule has 0 aliphatic heterocycles. The van der Waals surface area contributed by atoms with Gasteiger partial charge in [-0.15, -0.1) is 0 Å². The molecule has 0 fully saturated rings. The maximum absolute atomic E-state index is 8.62. The Balaban J connectivity index is 4.65. The van der Waals surface area contributed by atoms with E-state index in [1.807, 2.05) is 0 Å². The summed E-state index contributed by atoms with van der Waals surface area (Å²) in [5, 5.41) is 0. The first-order valence-electron chi connectivity index (χ1n) is 0.866. The molecule has 0 heterocycles. The van der Waals surface area contributed by atoms with Gasteiger partial charge in [-0.05, 0) is 0 Å². The summed E-state index contributed by atoms with van der Waals surface area (Å²) in [7, 11) is 0. The molecule has 0 rings (SSSR count). The Morgan fingerprint density at radius 1 is 1.00 bits per heavy atom. The first-order chi connectivity index (χ1) is 1.73. The van der Waals surface area contributed by atoms with Gasteiger partial charge in [0.05, 0.1) is 0 Å². The molecule has 0 spiro atoms. The molecule has 0 aliphatic carbocycles. The fraction of sp³-hybridized carbons (Fsp3) is 0. The van der Waals surface area contributed by atoms with Crippen LogP contribution in [0.3, 0.4) is 0 Å². The van der Waals surface area contributed by atoms with Crippen LogP contribution in [0.15, 0.2) is 0 Å². The Labute approximate surface area is 36.2 Å². The normalized spacial score (nSPS) is 10.5. The third-order valence-corrected chi connectivity index (χ3v) is 0. The second-order valence-corrected chi connectivity index (χ2v) is 1.46. The molecule has 0 aliphatic rings.